The molecule has 0 N–H and O–H groups in total. The molecule has 0 aliphatic heterocycles. The van der Waals surface area contributed by atoms with Gasteiger partial charge in [-0.15, -0.1) is 0 Å². The van der Waals surface area contributed by atoms with Crippen LogP contribution in [0.15, 0.2) is 199 Å². The Morgan fingerprint density at radius 2 is 0.804 bits per heavy atom. The Morgan fingerprint density at radius 3 is 1.48 bits per heavy atom. The van der Waals surface area contributed by atoms with Gasteiger partial charge in [-0.25, -0.2) is 15.0 Å². The third-order valence-corrected chi connectivity index (χ3v) is 10.4. The number of hydrogen-bond acceptors (Lipinski definition) is 4. The normalized spacial score (nSPS) is 11.3. The molecule has 10 aromatic rings. The van der Waals surface area contributed by atoms with Crippen LogP contribution in [0.25, 0.3) is 101 Å². The van der Waals surface area contributed by atoms with Gasteiger partial charge >= 0.3 is 0 Å². The number of aryl methyl sites for hydroxylation is 1. The predicted octanol–water partition coefficient (Wildman–Crippen LogP) is 13.7. The summed E-state index contributed by atoms with van der Waals surface area (Å²) in [6.45, 7) is 2.11. The fourth-order valence-corrected chi connectivity index (χ4v) is 7.52. The standard InChI is InChI=1S/C52H35N3O/c1-34-23-25-37(26-24-34)43-30-42(36-15-7-3-8-16-36)31-44(32-43)52-54-50(38-17-9-4-10-18-38)53-51(55-52)41-27-28-46-48(33-41)56-47-22-12-21-45(49(46)47)40-20-11-19-39(29-40)35-13-5-2-6-14-35/h2-33H,1H3. The third kappa shape index (κ3) is 6.33. The lowest BCUT2D eigenvalue weighted by Gasteiger charge is -2.12. The van der Waals surface area contributed by atoms with Crippen LogP contribution in [0.3, 0.4) is 0 Å². The molecule has 4 nitrogen and oxygen atoms in total. The molecule has 8 aromatic carbocycles. The van der Waals surface area contributed by atoms with Gasteiger partial charge in [0.2, 0.25) is 0 Å². The highest BCUT2D eigenvalue weighted by Gasteiger charge is 2.18. The van der Waals surface area contributed by atoms with Gasteiger partial charge in [0.15, 0.2) is 17.5 Å². The molecule has 0 saturated carbocycles. The topological polar surface area (TPSA) is 51.8 Å². The molecule has 0 saturated heterocycles. The van der Waals surface area contributed by atoms with Crippen LogP contribution in [-0.2, 0) is 0 Å². The predicted molar refractivity (Wildman–Crippen MR) is 230 cm³/mol. The monoisotopic (exact) mass is 717 g/mol. The van der Waals surface area contributed by atoms with Crippen molar-refractivity contribution in [3.63, 3.8) is 0 Å². The maximum Gasteiger partial charge on any atom is 0.164 e. The van der Waals surface area contributed by atoms with E-state index in [1.165, 1.54) is 16.7 Å². The first kappa shape index (κ1) is 33.2. The van der Waals surface area contributed by atoms with Crippen molar-refractivity contribution in [1.29, 1.82) is 0 Å². The number of nitrogens with zero attached hydrogens (tertiary/aromatic N) is 3. The van der Waals surface area contributed by atoms with Crippen LogP contribution in [0.5, 0.6) is 0 Å². The van der Waals surface area contributed by atoms with Crippen molar-refractivity contribution < 1.29 is 4.42 Å². The van der Waals surface area contributed by atoms with Gasteiger partial charge in [0.25, 0.3) is 0 Å². The summed E-state index contributed by atoms with van der Waals surface area (Å²) in [6, 6.07) is 67.6. The lowest BCUT2D eigenvalue weighted by molar-refractivity contribution is 0.669. The zero-order valence-corrected chi connectivity index (χ0v) is 30.7. The highest BCUT2D eigenvalue weighted by molar-refractivity contribution is 6.13. The van der Waals surface area contributed by atoms with E-state index >= 15 is 0 Å². The van der Waals surface area contributed by atoms with Crippen LogP contribution in [0.1, 0.15) is 5.56 Å². The van der Waals surface area contributed by atoms with Gasteiger partial charge in [0.05, 0.1) is 0 Å². The van der Waals surface area contributed by atoms with Crippen molar-refractivity contribution in [3.05, 3.63) is 200 Å². The Kier molecular flexibility index (Phi) is 8.34. The smallest absolute Gasteiger partial charge is 0.164 e. The molecule has 0 spiro atoms. The second kappa shape index (κ2) is 14.1. The fraction of sp³-hybridized carbons (Fsp3) is 0.0192. The molecule has 0 aliphatic carbocycles. The fourth-order valence-electron chi connectivity index (χ4n) is 7.52. The van der Waals surface area contributed by atoms with Crippen LogP contribution in [-0.4, -0.2) is 15.0 Å². The summed E-state index contributed by atoms with van der Waals surface area (Å²) in [7, 11) is 0. The molecule has 0 unspecified atom stereocenters. The quantitative estimate of drug-likeness (QED) is 0.165. The van der Waals surface area contributed by atoms with E-state index in [4.69, 9.17) is 19.4 Å². The summed E-state index contributed by atoms with van der Waals surface area (Å²) in [5, 5.41) is 2.13. The maximum absolute atomic E-state index is 6.59. The molecule has 0 bridgehead atoms. The number of rotatable bonds is 7. The van der Waals surface area contributed by atoms with Crippen LogP contribution in [0.2, 0.25) is 0 Å². The van der Waals surface area contributed by atoms with E-state index in [2.05, 4.69) is 153 Å². The molecule has 264 valence electrons. The van der Waals surface area contributed by atoms with Crippen molar-refractivity contribution in [2.45, 2.75) is 6.92 Å². The average molecular weight is 718 g/mol. The van der Waals surface area contributed by atoms with Gasteiger partial charge in [0.1, 0.15) is 11.2 Å². The van der Waals surface area contributed by atoms with Gasteiger partial charge in [-0.05, 0) is 93.9 Å². The molecule has 0 fully saturated rings. The molecule has 0 amide bonds. The van der Waals surface area contributed by atoms with Crippen LogP contribution >= 0.6 is 0 Å². The second-order valence-corrected chi connectivity index (χ2v) is 14.1. The summed E-state index contributed by atoms with van der Waals surface area (Å²) in [6.07, 6.45) is 0. The second-order valence-electron chi connectivity index (χ2n) is 14.1. The molecule has 0 radical (unpaired) electrons. The average Bonchev–Trinajstić information content (AvgIpc) is 3.66. The maximum atomic E-state index is 6.59. The largest absolute Gasteiger partial charge is 0.456 e. The van der Waals surface area contributed by atoms with Gasteiger partial charge in [-0.3, -0.25) is 0 Å². The number of hydrogen-bond donors (Lipinski definition) is 0. The Balaban J connectivity index is 1.12. The lowest BCUT2D eigenvalue weighted by atomic mass is 9.95. The van der Waals surface area contributed by atoms with E-state index in [1.807, 2.05) is 48.5 Å². The highest BCUT2D eigenvalue weighted by Crippen LogP contribution is 2.40. The third-order valence-electron chi connectivity index (χ3n) is 10.4. The minimum atomic E-state index is 0.578. The summed E-state index contributed by atoms with van der Waals surface area (Å²) in [4.78, 5) is 15.4. The summed E-state index contributed by atoms with van der Waals surface area (Å²) >= 11 is 0. The van der Waals surface area contributed by atoms with Crippen molar-refractivity contribution in [2.24, 2.45) is 0 Å². The summed E-state index contributed by atoms with van der Waals surface area (Å²) in [5.41, 5.74) is 14.6. The zero-order valence-electron chi connectivity index (χ0n) is 30.7. The number of fused-ring (bicyclic) bond motifs is 3. The Labute approximate surface area is 325 Å². The van der Waals surface area contributed by atoms with Crippen molar-refractivity contribution in [1.82, 2.24) is 15.0 Å². The molecule has 10 rings (SSSR count). The Morgan fingerprint density at radius 1 is 0.321 bits per heavy atom. The van der Waals surface area contributed by atoms with Crippen molar-refractivity contribution in [2.75, 3.05) is 0 Å². The van der Waals surface area contributed by atoms with E-state index in [0.717, 1.165) is 72.0 Å². The van der Waals surface area contributed by atoms with E-state index in [1.54, 1.807) is 0 Å². The molecule has 2 aromatic heterocycles. The summed E-state index contributed by atoms with van der Waals surface area (Å²) in [5.74, 6) is 1.79. The van der Waals surface area contributed by atoms with Gasteiger partial charge in [0, 0.05) is 27.5 Å². The van der Waals surface area contributed by atoms with E-state index in [9.17, 15) is 0 Å². The first-order valence-electron chi connectivity index (χ1n) is 18.8. The number of furan rings is 1. The van der Waals surface area contributed by atoms with Gasteiger partial charge < -0.3 is 4.42 Å². The minimum absolute atomic E-state index is 0.578. The van der Waals surface area contributed by atoms with E-state index in [0.29, 0.717) is 17.5 Å². The molecule has 0 aliphatic rings. The molecule has 0 atom stereocenters. The van der Waals surface area contributed by atoms with E-state index in [-0.39, 0.29) is 0 Å². The number of benzene rings is 8. The Bertz CT molecular complexity index is 3010. The van der Waals surface area contributed by atoms with Crippen LogP contribution in [0, 0.1) is 6.92 Å². The summed E-state index contributed by atoms with van der Waals surface area (Å²) < 4.78 is 6.59. The molecule has 4 heteroatoms. The Hall–Kier alpha value is -7.43. The van der Waals surface area contributed by atoms with E-state index < -0.39 is 0 Å². The molecular formula is C52H35N3O. The van der Waals surface area contributed by atoms with Crippen molar-refractivity contribution >= 4 is 21.9 Å². The van der Waals surface area contributed by atoms with Gasteiger partial charge in [-0.1, -0.05) is 157 Å². The van der Waals surface area contributed by atoms with Crippen LogP contribution < -0.4 is 0 Å². The number of aromatic nitrogens is 3. The molecular weight excluding hydrogens is 683 g/mol. The molecule has 56 heavy (non-hydrogen) atoms. The van der Waals surface area contributed by atoms with Crippen LogP contribution in [0.4, 0.5) is 0 Å². The highest BCUT2D eigenvalue weighted by atomic mass is 16.3. The lowest BCUT2D eigenvalue weighted by Crippen LogP contribution is -2.00. The minimum Gasteiger partial charge on any atom is -0.456 e. The first-order valence-corrected chi connectivity index (χ1v) is 18.8. The SMILES string of the molecule is Cc1ccc(-c2cc(-c3ccccc3)cc(-c3nc(-c4ccccc4)nc(-c4ccc5c(c4)oc4cccc(-c6cccc(-c7ccccc7)c6)c45)n3)c2)cc1. The van der Waals surface area contributed by atoms with Crippen molar-refractivity contribution in [3.8, 4) is 78.7 Å². The first-order chi connectivity index (χ1) is 27.6. The zero-order chi connectivity index (χ0) is 37.4. The van der Waals surface area contributed by atoms with Gasteiger partial charge in [-0.2, -0.15) is 0 Å². The molecule has 2 heterocycles.